The molecule has 0 spiro atoms. The molecule has 0 atom stereocenters. The van der Waals surface area contributed by atoms with Gasteiger partial charge in [0.15, 0.2) is 17.5 Å². The van der Waals surface area contributed by atoms with Crippen LogP contribution in [0.5, 0.6) is 0 Å². The average Bonchev–Trinajstić information content (AvgIpc) is 3.74. The minimum absolute atomic E-state index is 0.147. The van der Waals surface area contributed by atoms with Gasteiger partial charge in [-0.05, 0) is 91.3 Å². The van der Waals surface area contributed by atoms with Gasteiger partial charge >= 0.3 is 0 Å². The van der Waals surface area contributed by atoms with Crippen LogP contribution in [0.15, 0.2) is 204 Å². The first-order valence-corrected chi connectivity index (χ1v) is 18.4. The number of hydrogen-bond acceptors (Lipinski definition) is 4. The van der Waals surface area contributed by atoms with Gasteiger partial charge in [0.05, 0.1) is 12.3 Å². The van der Waals surface area contributed by atoms with Crippen molar-refractivity contribution in [2.24, 2.45) is 0 Å². The molecule has 0 saturated carbocycles. The first-order valence-electron chi connectivity index (χ1n) is 22.9. The van der Waals surface area contributed by atoms with E-state index >= 15 is 0 Å². The van der Waals surface area contributed by atoms with E-state index in [0.29, 0.717) is 11.1 Å². The van der Waals surface area contributed by atoms with Crippen molar-refractivity contribution in [3.63, 3.8) is 0 Å². The smallest absolute Gasteiger partial charge is 0.164 e. The number of rotatable bonds is 6. The standard InChI is InChI=1S/C53H33N3O/c1-2-12-34(13-3-1)36-16-8-18-42(32-36)51-54-52(56-53(55-51)46-23-10-15-35-14-4-5-20-44(35)46)43-19-9-17-37(33-43)38-26-27-40-31-41(29-28-39(40)30-38)45-22-11-25-49-50(45)47-21-6-7-24-48(47)57-49/h1-33H/i1D,2D,3D,8D,12D,13D,16D,18D,32D. The molecule has 0 radical (unpaired) electrons. The van der Waals surface area contributed by atoms with E-state index in [2.05, 4.69) is 48.5 Å². The van der Waals surface area contributed by atoms with Gasteiger partial charge in [-0.25, -0.2) is 15.0 Å². The molecule has 11 rings (SSSR count). The fourth-order valence-electron chi connectivity index (χ4n) is 7.56. The third kappa shape index (κ3) is 5.92. The zero-order valence-electron chi connectivity index (χ0n) is 39.1. The second kappa shape index (κ2) is 13.6. The lowest BCUT2D eigenvalue weighted by Gasteiger charge is -2.12. The third-order valence-electron chi connectivity index (χ3n) is 10.3. The molecule has 4 heteroatoms. The Morgan fingerprint density at radius 3 is 1.88 bits per heavy atom. The molecule has 2 aromatic heterocycles. The Labute approximate surface area is 342 Å². The summed E-state index contributed by atoms with van der Waals surface area (Å²) in [6, 6.07) is 42.6. The van der Waals surface area contributed by atoms with E-state index in [-0.39, 0.29) is 23.0 Å². The summed E-state index contributed by atoms with van der Waals surface area (Å²) >= 11 is 0. The van der Waals surface area contributed by atoms with Crippen LogP contribution in [0, 0.1) is 0 Å². The van der Waals surface area contributed by atoms with Gasteiger partial charge in [-0.3, -0.25) is 0 Å². The highest BCUT2D eigenvalue weighted by Gasteiger charge is 2.16. The molecule has 266 valence electrons. The maximum Gasteiger partial charge on any atom is 0.164 e. The highest BCUT2D eigenvalue weighted by atomic mass is 16.3. The molecule has 9 aromatic carbocycles. The highest BCUT2D eigenvalue weighted by Crippen LogP contribution is 2.38. The Morgan fingerprint density at radius 2 is 0.982 bits per heavy atom. The molecule has 0 aliphatic rings. The average molecular weight is 737 g/mol. The van der Waals surface area contributed by atoms with E-state index in [1.165, 1.54) is 0 Å². The molecule has 0 bridgehead atoms. The molecule has 0 N–H and O–H groups in total. The van der Waals surface area contributed by atoms with Gasteiger partial charge < -0.3 is 4.42 Å². The lowest BCUT2D eigenvalue weighted by molar-refractivity contribution is 0.669. The van der Waals surface area contributed by atoms with Crippen LogP contribution < -0.4 is 0 Å². The van der Waals surface area contributed by atoms with Crippen LogP contribution in [-0.4, -0.2) is 15.0 Å². The molecule has 0 fully saturated rings. The third-order valence-corrected chi connectivity index (χ3v) is 10.3. The zero-order chi connectivity index (χ0) is 45.5. The number of nitrogens with zero attached hydrogens (tertiary/aromatic N) is 3. The Bertz CT molecular complexity index is 3820. The summed E-state index contributed by atoms with van der Waals surface area (Å²) in [7, 11) is 0. The first-order chi connectivity index (χ1) is 32.0. The van der Waals surface area contributed by atoms with Gasteiger partial charge in [-0.1, -0.05) is 164 Å². The van der Waals surface area contributed by atoms with Crippen molar-refractivity contribution in [2.45, 2.75) is 0 Å². The van der Waals surface area contributed by atoms with Gasteiger partial charge in [0, 0.05) is 27.5 Å². The maximum absolute atomic E-state index is 9.44. The van der Waals surface area contributed by atoms with E-state index in [0.717, 1.165) is 65.7 Å². The van der Waals surface area contributed by atoms with Crippen LogP contribution in [0.25, 0.3) is 111 Å². The van der Waals surface area contributed by atoms with Gasteiger partial charge in [-0.2, -0.15) is 0 Å². The number of furan rings is 1. The van der Waals surface area contributed by atoms with Crippen molar-refractivity contribution >= 4 is 43.5 Å². The van der Waals surface area contributed by atoms with Crippen molar-refractivity contribution in [3.05, 3.63) is 200 Å². The van der Waals surface area contributed by atoms with E-state index < -0.39 is 65.5 Å². The Kier molecular flexibility index (Phi) is 5.87. The van der Waals surface area contributed by atoms with E-state index in [9.17, 15) is 1.37 Å². The van der Waals surface area contributed by atoms with Crippen molar-refractivity contribution in [3.8, 4) is 67.5 Å². The SMILES string of the molecule is [2H]c1c([2H])c([2H])c(-c2c([2H])c([2H])c([2H])c(-c3nc(-c4cccc(-c5ccc6cc(-c7cccc8oc9ccccc9c78)ccc6c5)c4)nc(-c4cccc5ccccc45)n3)c2[2H])c([2H])c1[2H]. The van der Waals surface area contributed by atoms with Crippen molar-refractivity contribution in [2.75, 3.05) is 0 Å². The number of hydrogen-bond donors (Lipinski definition) is 0. The summed E-state index contributed by atoms with van der Waals surface area (Å²) in [6.45, 7) is 0. The fourth-order valence-corrected chi connectivity index (χ4v) is 7.56. The maximum atomic E-state index is 9.44. The van der Waals surface area contributed by atoms with Crippen LogP contribution in [0.1, 0.15) is 12.3 Å². The summed E-state index contributed by atoms with van der Waals surface area (Å²) in [5.41, 5.74) is 5.85. The van der Waals surface area contributed by atoms with Crippen LogP contribution >= 0.6 is 0 Å². The van der Waals surface area contributed by atoms with Crippen molar-refractivity contribution in [1.29, 1.82) is 0 Å². The van der Waals surface area contributed by atoms with Crippen LogP contribution in [0.2, 0.25) is 0 Å². The summed E-state index contributed by atoms with van der Waals surface area (Å²) in [5.74, 6) is 0.286. The number of benzene rings is 9. The highest BCUT2D eigenvalue weighted by molar-refractivity contribution is 6.13. The molecular weight excluding hydrogens is 695 g/mol. The summed E-state index contributed by atoms with van der Waals surface area (Å²) < 4.78 is 84.5. The molecule has 0 amide bonds. The molecule has 0 aliphatic heterocycles. The van der Waals surface area contributed by atoms with Crippen molar-refractivity contribution < 1.29 is 16.8 Å². The second-order valence-corrected chi connectivity index (χ2v) is 13.7. The van der Waals surface area contributed by atoms with E-state index in [1.54, 1.807) is 0 Å². The number of fused-ring (bicyclic) bond motifs is 5. The normalized spacial score (nSPS) is 13.7. The molecule has 0 unspecified atom stereocenters. The molecular formula is C53H33N3O. The summed E-state index contributed by atoms with van der Waals surface area (Å²) in [6.07, 6.45) is 0. The molecule has 11 aromatic rings. The van der Waals surface area contributed by atoms with Gasteiger partial charge in [0.2, 0.25) is 0 Å². The van der Waals surface area contributed by atoms with Crippen LogP contribution in [0.4, 0.5) is 0 Å². The Morgan fingerprint density at radius 1 is 0.368 bits per heavy atom. The monoisotopic (exact) mass is 736 g/mol. The predicted molar refractivity (Wildman–Crippen MR) is 235 cm³/mol. The van der Waals surface area contributed by atoms with Crippen molar-refractivity contribution in [1.82, 2.24) is 15.0 Å². The molecule has 4 nitrogen and oxygen atoms in total. The van der Waals surface area contributed by atoms with E-state index in [4.69, 9.17) is 30.3 Å². The lowest BCUT2D eigenvalue weighted by atomic mass is 9.95. The van der Waals surface area contributed by atoms with Gasteiger partial charge in [-0.15, -0.1) is 0 Å². The summed E-state index contributed by atoms with van der Waals surface area (Å²) in [4.78, 5) is 14.7. The number of aromatic nitrogens is 3. The largest absolute Gasteiger partial charge is 0.456 e. The topological polar surface area (TPSA) is 51.8 Å². The number of para-hydroxylation sites is 1. The Hall–Kier alpha value is -7.69. The predicted octanol–water partition coefficient (Wildman–Crippen LogP) is 14.1. The second-order valence-electron chi connectivity index (χ2n) is 13.7. The van der Waals surface area contributed by atoms with E-state index in [1.807, 2.05) is 97.1 Å². The quantitative estimate of drug-likeness (QED) is 0.171. The molecule has 2 heterocycles. The molecule has 0 saturated heterocycles. The lowest BCUT2D eigenvalue weighted by Crippen LogP contribution is -2.01. The Balaban J connectivity index is 1.06. The minimum atomic E-state index is -0.651. The minimum Gasteiger partial charge on any atom is -0.456 e. The fraction of sp³-hybridized carbons (Fsp3) is 0. The summed E-state index contributed by atoms with van der Waals surface area (Å²) in [5, 5.41) is 6.01. The van der Waals surface area contributed by atoms with Crippen LogP contribution in [0.3, 0.4) is 0 Å². The first kappa shape index (κ1) is 24.7. The molecule has 57 heavy (non-hydrogen) atoms. The van der Waals surface area contributed by atoms with Crippen LogP contribution in [-0.2, 0) is 0 Å². The zero-order valence-corrected chi connectivity index (χ0v) is 30.1. The van der Waals surface area contributed by atoms with Gasteiger partial charge in [0.1, 0.15) is 11.2 Å². The van der Waals surface area contributed by atoms with Gasteiger partial charge in [0.25, 0.3) is 0 Å². The molecule has 0 aliphatic carbocycles.